The summed E-state index contributed by atoms with van der Waals surface area (Å²) in [5, 5.41) is 9.15. The van der Waals surface area contributed by atoms with Crippen LogP contribution in [0.5, 0.6) is 0 Å². The number of aromatic nitrogens is 2. The minimum atomic E-state index is 0.0710. The van der Waals surface area contributed by atoms with Crippen LogP contribution in [-0.4, -0.2) is 16.8 Å². The SMILES string of the molecule is CNC(Cc1c(Cl)cccc1Cl)c1c(Br)cnn1C(C)C. The van der Waals surface area contributed by atoms with Gasteiger partial charge in [-0.3, -0.25) is 4.68 Å². The van der Waals surface area contributed by atoms with E-state index in [9.17, 15) is 0 Å². The topological polar surface area (TPSA) is 29.9 Å². The Hall–Kier alpha value is -0.550. The van der Waals surface area contributed by atoms with Crippen molar-refractivity contribution in [2.24, 2.45) is 0 Å². The maximum absolute atomic E-state index is 6.29. The molecule has 1 atom stereocenters. The Morgan fingerprint density at radius 3 is 2.43 bits per heavy atom. The second-order valence-electron chi connectivity index (χ2n) is 5.16. The molecule has 0 aliphatic rings. The lowest BCUT2D eigenvalue weighted by atomic mass is 10.0. The zero-order chi connectivity index (χ0) is 15.6. The minimum absolute atomic E-state index is 0.0710. The zero-order valence-corrected chi connectivity index (χ0v) is 15.3. The van der Waals surface area contributed by atoms with Gasteiger partial charge in [-0.15, -0.1) is 0 Å². The summed E-state index contributed by atoms with van der Waals surface area (Å²) >= 11 is 16.2. The van der Waals surface area contributed by atoms with Crippen LogP contribution >= 0.6 is 39.1 Å². The van der Waals surface area contributed by atoms with E-state index in [1.54, 1.807) is 0 Å². The summed E-state index contributed by atoms with van der Waals surface area (Å²) in [6, 6.07) is 5.94. The molecule has 6 heteroatoms. The van der Waals surface area contributed by atoms with Crippen molar-refractivity contribution in [1.29, 1.82) is 0 Å². The van der Waals surface area contributed by atoms with Gasteiger partial charge in [-0.05, 0) is 60.9 Å². The third-order valence-electron chi connectivity index (χ3n) is 3.42. The predicted octanol–water partition coefficient (Wildman–Crippen LogP) is 5.04. The van der Waals surface area contributed by atoms with Crippen LogP contribution in [0.4, 0.5) is 0 Å². The predicted molar refractivity (Wildman–Crippen MR) is 92.3 cm³/mol. The number of hydrogen-bond donors (Lipinski definition) is 1. The van der Waals surface area contributed by atoms with Gasteiger partial charge in [0, 0.05) is 16.1 Å². The Morgan fingerprint density at radius 1 is 1.29 bits per heavy atom. The molecule has 1 N–H and O–H groups in total. The highest BCUT2D eigenvalue weighted by molar-refractivity contribution is 9.10. The number of rotatable bonds is 5. The maximum Gasteiger partial charge on any atom is 0.0702 e. The fourth-order valence-electron chi connectivity index (χ4n) is 2.36. The van der Waals surface area contributed by atoms with Gasteiger partial charge in [-0.25, -0.2) is 0 Å². The Labute approximate surface area is 143 Å². The van der Waals surface area contributed by atoms with Gasteiger partial charge >= 0.3 is 0 Å². The van der Waals surface area contributed by atoms with Gasteiger partial charge in [0.05, 0.1) is 22.4 Å². The molecule has 0 spiro atoms. The molecule has 21 heavy (non-hydrogen) atoms. The molecule has 0 saturated carbocycles. The van der Waals surface area contributed by atoms with Gasteiger partial charge in [-0.2, -0.15) is 5.10 Å². The van der Waals surface area contributed by atoms with E-state index in [1.165, 1.54) is 0 Å². The molecule has 0 amide bonds. The smallest absolute Gasteiger partial charge is 0.0702 e. The lowest BCUT2D eigenvalue weighted by Gasteiger charge is -2.21. The second kappa shape index (κ2) is 7.14. The van der Waals surface area contributed by atoms with Crippen LogP contribution in [0.25, 0.3) is 0 Å². The monoisotopic (exact) mass is 389 g/mol. The van der Waals surface area contributed by atoms with E-state index in [0.29, 0.717) is 16.5 Å². The molecule has 2 rings (SSSR count). The highest BCUT2D eigenvalue weighted by atomic mass is 79.9. The Kier molecular flexibility index (Phi) is 5.72. The van der Waals surface area contributed by atoms with Crippen molar-refractivity contribution in [2.45, 2.75) is 32.4 Å². The Balaban J connectivity index is 2.39. The molecule has 0 fully saturated rings. The van der Waals surface area contributed by atoms with E-state index < -0.39 is 0 Å². The van der Waals surface area contributed by atoms with Crippen molar-refractivity contribution in [2.75, 3.05) is 7.05 Å². The summed E-state index contributed by atoms with van der Waals surface area (Å²) < 4.78 is 2.99. The lowest BCUT2D eigenvalue weighted by Crippen LogP contribution is -2.24. The molecule has 0 aliphatic heterocycles. The van der Waals surface area contributed by atoms with Crippen LogP contribution in [0.1, 0.15) is 37.2 Å². The van der Waals surface area contributed by atoms with Crippen molar-refractivity contribution in [3.8, 4) is 0 Å². The summed E-state index contributed by atoms with van der Waals surface area (Å²) in [7, 11) is 1.93. The first kappa shape index (κ1) is 16.8. The number of nitrogens with one attached hydrogen (secondary N) is 1. The maximum atomic E-state index is 6.29. The van der Waals surface area contributed by atoms with Crippen LogP contribution in [0.15, 0.2) is 28.9 Å². The van der Waals surface area contributed by atoms with Gasteiger partial charge in [-0.1, -0.05) is 29.3 Å². The number of likely N-dealkylation sites (N-methyl/N-ethyl adjacent to an activating group) is 1. The molecule has 0 saturated heterocycles. The lowest BCUT2D eigenvalue weighted by molar-refractivity contribution is 0.458. The summed E-state index contributed by atoms with van der Waals surface area (Å²) in [4.78, 5) is 0. The van der Waals surface area contributed by atoms with Crippen molar-refractivity contribution in [3.05, 3.63) is 50.2 Å². The van der Waals surface area contributed by atoms with Crippen LogP contribution < -0.4 is 5.32 Å². The Morgan fingerprint density at radius 2 is 1.90 bits per heavy atom. The molecule has 1 heterocycles. The average molecular weight is 391 g/mol. The first-order chi connectivity index (χ1) is 9.95. The normalized spacial score (nSPS) is 12.9. The van der Waals surface area contributed by atoms with Crippen LogP contribution in [0, 0.1) is 0 Å². The number of nitrogens with zero attached hydrogens (tertiary/aromatic N) is 2. The molecular formula is C15H18BrCl2N3. The van der Waals surface area contributed by atoms with Gasteiger partial charge in [0.15, 0.2) is 0 Å². The highest BCUT2D eigenvalue weighted by Gasteiger charge is 2.22. The third-order valence-corrected chi connectivity index (χ3v) is 4.74. The number of halogens is 3. The van der Waals surface area contributed by atoms with Crippen LogP contribution in [-0.2, 0) is 6.42 Å². The summed E-state index contributed by atoms with van der Waals surface area (Å²) in [6.07, 6.45) is 2.53. The Bertz CT molecular complexity index is 605. The largest absolute Gasteiger partial charge is 0.311 e. The van der Waals surface area contributed by atoms with E-state index in [4.69, 9.17) is 23.2 Å². The fourth-order valence-corrected chi connectivity index (χ4v) is 3.46. The zero-order valence-electron chi connectivity index (χ0n) is 12.2. The van der Waals surface area contributed by atoms with E-state index in [2.05, 4.69) is 40.2 Å². The van der Waals surface area contributed by atoms with Gasteiger partial charge in [0.25, 0.3) is 0 Å². The molecular weight excluding hydrogens is 373 g/mol. The van der Waals surface area contributed by atoms with Gasteiger partial charge < -0.3 is 5.32 Å². The second-order valence-corrected chi connectivity index (χ2v) is 6.83. The highest BCUT2D eigenvalue weighted by Crippen LogP contribution is 2.32. The standard InChI is InChI=1S/C15H18BrCl2N3/c1-9(2)21-15(11(16)8-20-21)14(19-3)7-10-12(17)5-4-6-13(10)18/h4-6,8-9,14,19H,7H2,1-3H3. The average Bonchev–Trinajstić information content (AvgIpc) is 2.81. The minimum Gasteiger partial charge on any atom is -0.311 e. The third kappa shape index (κ3) is 3.62. The van der Waals surface area contributed by atoms with Crippen molar-refractivity contribution < 1.29 is 0 Å². The molecule has 0 bridgehead atoms. The number of hydrogen-bond acceptors (Lipinski definition) is 2. The molecule has 3 nitrogen and oxygen atoms in total. The quantitative estimate of drug-likeness (QED) is 0.775. The van der Waals surface area contributed by atoms with E-state index in [0.717, 1.165) is 15.7 Å². The van der Waals surface area contributed by atoms with E-state index in [1.807, 2.05) is 36.1 Å². The molecule has 1 unspecified atom stereocenters. The molecule has 114 valence electrons. The summed E-state index contributed by atoms with van der Waals surface area (Å²) in [5.41, 5.74) is 2.05. The van der Waals surface area contributed by atoms with Crippen LogP contribution in [0.2, 0.25) is 10.0 Å². The molecule has 1 aromatic carbocycles. The summed E-state index contributed by atoms with van der Waals surface area (Å²) in [6.45, 7) is 4.22. The fraction of sp³-hybridized carbons (Fsp3) is 0.400. The molecule has 2 aromatic rings. The first-order valence-electron chi connectivity index (χ1n) is 6.78. The molecule has 0 aliphatic carbocycles. The summed E-state index contributed by atoms with van der Waals surface area (Å²) in [5.74, 6) is 0. The van der Waals surface area contributed by atoms with Gasteiger partial charge in [0.2, 0.25) is 0 Å². The van der Waals surface area contributed by atoms with Gasteiger partial charge in [0.1, 0.15) is 0 Å². The van der Waals surface area contributed by atoms with Crippen molar-refractivity contribution in [3.63, 3.8) is 0 Å². The van der Waals surface area contributed by atoms with E-state index >= 15 is 0 Å². The molecule has 1 aromatic heterocycles. The first-order valence-corrected chi connectivity index (χ1v) is 8.33. The van der Waals surface area contributed by atoms with Crippen LogP contribution in [0.3, 0.4) is 0 Å². The van der Waals surface area contributed by atoms with E-state index in [-0.39, 0.29) is 12.1 Å². The number of benzene rings is 1. The van der Waals surface area contributed by atoms with Crippen molar-refractivity contribution in [1.82, 2.24) is 15.1 Å². The molecule has 0 radical (unpaired) electrons. The van der Waals surface area contributed by atoms with Crippen molar-refractivity contribution >= 4 is 39.1 Å².